The second kappa shape index (κ2) is 26.8. The molecule has 0 fully saturated rings. The van der Waals surface area contributed by atoms with E-state index in [0.717, 1.165) is 29.5 Å². The Kier molecular flexibility index (Phi) is 22.0. The molecule has 3 rings (SSSR count). The molecule has 0 spiro atoms. The minimum Gasteiger partial charge on any atom is -0.464 e. The second-order valence-electron chi connectivity index (χ2n) is 12.3. The Morgan fingerprint density at radius 1 is 0.449 bits per heavy atom. The number of ether oxygens (including phenoxy) is 6. The van der Waals surface area contributed by atoms with Crippen molar-refractivity contribution >= 4 is 5.97 Å². The lowest BCUT2D eigenvalue weighted by Gasteiger charge is -2.36. The highest BCUT2D eigenvalue weighted by Gasteiger charge is 2.37. The summed E-state index contributed by atoms with van der Waals surface area (Å²) >= 11 is 0. The average molecular weight is 677 g/mol. The fourth-order valence-corrected chi connectivity index (χ4v) is 5.83. The van der Waals surface area contributed by atoms with Crippen LogP contribution in [0.5, 0.6) is 0 Å². The first-order chi connectivity index (χ1) is 24.3. The van der Waals surface area contributed by atoms with E-state index in [-0.39, 0.29) is 12.6 Å². The highest BCUT2D eigenvalue weighted by Crippen LogP contribution is 2.40. The highest BCUT2D eigenvalue weighted by atomic mass is 16.6. The van der Waals surface area contributed by atoms with Gasteiger partial charge in [-0.25, -0.2) is 4.79 Å². The summed E-state index contributed by atoms with van der Waals surface area (Å²) in [5.41, 5.74) is 2.44. The van der Waals surface area contributed by atoms with E-state index in [1.54, 1.807) is 0 Å². The first kappa shape index (κ1) is 40.4. The number of carbonyl (C=O) groups excluding carboxylic acids is 1. The maximum Gasteiger partial charge on any atom is 0.332 e. The van der Waals surface area contributed by atoms with Crippen LogP contribution in [0.15, 0.2) is 91.0 Å². The molecule has 0 atom stereocenters. The van der Waals surface area contributed by atoms with Crippen LogP contribution in [-0.2, 0) is 38.8 Å². The molecule has 0 unspecified atom stereocenters. The van der Waals surface area contributed by atoms with Crippen LogP contribution >= 0.6 is 0 Å². The van der Waals surface area contributed by atoms with Gasteiger partial charge in [0.1, 0.15) is 12.2 Å². The molecule has 0 bridgehead atoms. The van der Waals surface area contributed by atoms with E-state index < -0.39 is 5.60 Å². The third-order valence-electron chi connectivity index (χ3n) is 8.43. The number of esters is 1. The molecule has 0 saturated heterocycles. The molecule has 0 N–H and O–H groups in total. The number of unbranched alkanes of at least 4 members (excludes halogenated alkanes) is 10. The molecular weight excluding hydrogens is 616 g/mol. The van der Waals surface area contributed by atoms with Crippen molar-refractivity contribution in [2.45, 2.75) is 83.2 Å². The molecule has 7 nitrogen and oxygen atoms in total. The second-order valence-corrected chi connectivity index (χ2v) is 12.3. The number of hydrogen-bond donors (Lipinski definition) is 0. The molecule has 0 aromatic heterocycles. The summed E-state index contributed by atoms with van der Waals surface area (Å²) in [6, 6.07) is 31.0. The zero-order valence-corrected chi connectivity index (χ0v) is 29.9. The van der Waals surface area contributed by atoms with Crippen molar-refractivity contribution in [3.05, 3.63) is 108 Å². The Hall–Kier alpha value is -3.07. The Labute approximate surface area is 295 Å². The fourth-order valence-electron chi connectivity index (χ4n) is 5.83. The smallest absolute Gasteiger partial charge is 0.332 e. The Morgan fingerprint density at radius 3 is 1.24 bits per heavy atom. The normalized spacial score (nSPS) is 11.5. The van der Waals surface area contributed by atoms with Gasteiger partial charge in [0, 0.05) is 0 Å². The van der Waals surface area contributed by atoms with E-state index in [4.69, 9.17) is 28.4 Å². The van der Waals surface area contributed by atoms with Gasteiger partial charge in [0.05, 0.1) is 59.5 Å². The monoisotopic (exact) mass is 676 g/mol. The molecule has 0 aliphatic rings. The predicted molar refractivity (Wildman–Crippen MR) is 196 cm³/mol. The van der Waals surface area contributed by atoms with E-state index in [9.17, 15) is 4.79 Å². The highest BCUT2D eigenvalue weighted by molar-refractivity contribution is 5.70. The molecule has 0 radical (unpaired) electrons. The number of rotatable bonds is 30. The molecule has 0 saturated carbocycles. The largest absolute Gasteiger partial charge is 0.464 e. The van der Waals surface area contributed by atoms with Crippen LogP contribution in [0.3, 0.4) is 0 Å². The third-order valence-corrected chi connectivity index (χ3v) is 8.43. The molecule has 0 aliphatic heterocycles. The SMILES string of the molecule is CCCCCCCCCCCCCOC(=O)COCCOCCOCCOCCOC(c1ccccc1)(c1ccccc1)c1ccccc1. The van der Waals surface area contributed by atoms with Crippen LogP contribution in [0, 0.1) is 0 Å². The summed E-state index contributed by atoms with van der Waals surface area (Å²) in [5.74, 6) is -0.313. The molecule has 3 aromatic rings. The van der Waals surface area contributed by atoms with Gasteiger partial charge >= 0.3 is 5.97 Å². The summed E-state index contributed by atoms with van der Waals surface area (Å²) in [6.45, 7) is 6.11. The van der Waals surface area contributed by atoms with Crippen LogP contribution in [-0.4, -0.2) is 72.0 Å². The van der Waals surface area contributed by atoms with E-state index in [1.807, 2.05) is 54.6 Å². The molecule has 7 heteroatoms. The van der Waals surface area contributed by atoms with Crippen LogP contribution in [0.2, 0.25) is 0 Å². The minimum absolute atomic E-state index is 0.0396. The molecule has 270 valence electrons. The Bertz CT molecular complexity index is 1090. The van der Waals surface area contributed by atoms with Crippen molar-refractivity contribution in [2.24, 2.45) is 0 Å². The van der Waals surface area contributed by atoms with Crippen molar-refractivity contribution in [3.8, 4) is 0 Å². The maximum atomic E-state index is 11.8. The van der Waals surface area contributed by atoms with Crippen LogP contribution in [0.25, 0.3) is 0 Å². The topological polar surface area (TPSA) is 72.5 Å². The first-order valence-electron chi connectivity index (χ1n) is 18.5. The Morgan fingerprint density at radius 2 is 0.816 bits per heavy atom. The molecule has 3 aromatic carbocycles. The van der Waals surface area contributed by atoms with Crippen LogP contribution < -0.4 is 0 Å². The van der Waals surface area contributed by atoms with E-state index >= 15 is 0 Å². The fraction of sp³-hybridized carbons (Fsp3) is 0.548. The molecule has 0 heterocycles. The summed E-state index contributed by atoms with van der Waals surface area (Å²) in [6.07, 6.45) is 14.0. The quantitative estimate of drug-likeness (QED) is 0.0397. The van der Waals surface area contributed by atoms with Crippen molar-refractivity contribution in [1.29, 1.82) is 0 Å². The Balaban J connectivity index is 1.16. The standard InChI is InChI=1S/C42H60O7/c1-2-3-4-5-6-7-8-9-10-11-21-28-48-41(43)37-47-34-33-45-30-29-44-31-32-46-35-36-49-42(38-22-15-12-16-23-38,39-24-17-13-18-25-39)40-26-19-14-20-27-40/h12-20,22-27H,2-11,21,28-37H2,1H3. The minimum atomic E-state index is -0.753. The number of benzene rings is 3. The molecule has 49 heavy (non-hydrogen) atoms. The van der Waals surface area contributed by atoms with Crippen LogP contribution in [0.4, 0.5) is 0 Å². The number of hydrogen-bond acceptors (Lipinski definition) is 7. The van der Waals surface area contributed by atoms with Crippen LogP contribution in [0.1, 0.15) is 94.2 Å². The lowest BCUT2D eigenvalue weighted by atomic mass is 9.80. The summed E-state index contributed by atoms with van der Waals surface area (Å²) in [7, 11) is 0. The van der Waals surface area contributed by atoms with Crippen molar-refractivity contribution in [2.75, 3.05) is 66.1 Å². The van der Waals surface area contributed by atoms with Gasteiger partial charge in [-0.05, 0) is 23.1 Å². The van der Waals surface area contributed by atoms with Gasteiger partial charge in [0.2, 0.25) is 0 Å². The average Bonchev–Trinajstić information content (AvgIpc) is 3.15. The molecular formula is C42H60O7. The van der Waals surface area contributed by atoms with Gasteiger partial charge in [-0.2, -0.15) is 0 Å². The molecule has 0 aliphatic carbocycles. The zero-order valence-electron chi connectivity index (χ0n) is 29.9. The summed E-state index contributed by atoms with van der Waals surface area (Å²) in [5, 5.41) is 0. The number of carbonyl (C=O) groups is 1. The van der Waals surface area contributed by atoms with Gasteiger partial charge in [-0.15, -0.1) is 0 Å². The lowest BCUT2D eigenvalue weighted by Crippen LogP contribution is -2.34. The van der Waals surface area contributed by atoms with Gasteiger partial charge < -0.3 is 28.4 Å². The van der Waals surface area contributed by atoms with Gasteiger partial charge in [-0.1, -0.05) is 162 Å². The van der Waals surface area contributed by atoms with Crippen molar-refractivity contribution in [3.63, 3.8) is 0 Å². The summed E-state index contributed by atoms with van der Waals surface area (Å²) < 4.78 is 34.4. The van der Waals surface area contributed by atoms with Gasteiger partial charge in [0.25, 0.3) is 0 Å². The van der Waals surface area contributed by atoms with Gasteiger partial charge in [0.15, 0.2) is 0 Å². The maximum absolute atomic E-state index is 11.8. The summed E-state index contributed by atoms with van der Waals surface area (Å²) in [4.78, 5) is 11.8. The third kappa shape index (κ3) is 16.5. The van der Waals surface area contributed by atoms with E-state index in [2.05, 4.69) is 43.3 Å². The van der Waals surface area contributed by atoms with Crippen molar-refractivity contribution < 1.29 is 33.2 Å². The zero-order chi connectivity index (χ0) is 34.5. The van der Waals surface area contributed by atoms with E-state index in [1.165, 1.54) is 57.8 Å². The predicted octanol–water partition coefficient (Wildman–Crippen LogP) is 8.92. The van der Waals surface area contributed by atoms with Gasteiger partial charge in [-0.3, -0.25) is 0 Å². The molecule has 0 amide bonds. The lowest BCUT2D eigenvalue weighted by molar-refractivity contribution is -0.149. The first-order valence-corrected chi connectivity index (χ1v) is 18.5. The van der Waals surface area contributed by atoms with E-state index in [0.29, 0.717) is 59.5 Å². The van der Waals surface area contributed by atoms with Crippen molar-refractivity contribution in [1.82, 2.24) is 0 Å².